The average molecular weight is 481 g/mol. The maximum atomic E-state index is 13.0. The van der Waals surface area contributed by atoms with Crippen molar-refractivity contribution in [3.63, 3.8) is 0 Å². The fourth-order valence-corrected chi connectivity index (χ4v) is 10.8. The van der Waals surface area contributed by atoms with Crippen LogP contribution in [0.4, 0.5) is 0 Å². The summed E-state index contributed by atoms with van der Waals surface area (Å²) in [5, 5.41) is 10.6. The number of carboxylic acid groups (broad SMARTS) is 1. The molecule has 7 unspecified atom stereocenters. The van der Waals surface area contributed by atoms with Crippen LogP contribution in [0.3, 0.4) is 0 Å². The van der Waals surface area contributed by atoms with Gasteiger partial charge in [-0.15, -0.1) is 0 Å². The topological polar surface area (TPSA) is 54.4 Å². The second-order valence-corrected chi connectivity index (χ2v) is 15.3. The van der Waals surface area contributed by atoms with Gasteiger partial charge in [0, 0.05) is 11.8 Å². The molecule has 5 aliphatic carbocycles. The molecular formula is C32H48O3. The molecular weight excluding hydrogens is 432 g/mol. The number of hydrogen-bond acceptors (Lipinski definition) is 2. The van der Waals surface area contributed by atoms with Crippen LogP contribution in [0.5, 0.6) is 0 Å². The van der Waals surface area contributed by atoms with E-state index in [-0.39, 0.29) is 33.0 Å². The lowest BCUT2D eigenvalue weighted by molar-refractivity contribution is -0.190. The van der Waals surface area contributed by atoms with Crippen molar-refractivity contribution in [3.8, 4) is 0 Å². The Labute approximate surface area is 213 Å². The van der Waals surface area contributed by atoms with Gasteiger partial charge in [-0.2, -0.15) is 0 Å². The molecule has 1 N–H and O–H groups in total. The molecule has 5 rings (SSSR count). The van der Waals surface area contributed by atoms with Crippen LogP contribution in [0.25, 0.3) is 0 Å². The SMILES string of the molecule is C=CC1=C2C3CC(C)(C)CCC3(C(=O)O)CCC2(C)C2(C)CCC3C(C)(C)C(=O)CCC3(C)C2C1. The van der Waals surface area contributed by atoms with Crippen molar-refractivity contribution >= 4 is 11.8 Å². The first-order valence-corrected chi connectivity index (χ1v) is 14.2. The molecule has 0 amide bonds. The zero-order valence-corrected chi connectivity index (χ0v) is 23.4. The van der Waals surface area contributed by atoms with E-state index in [0.29, 0.717) is 24.0 Å². The molecule has 0 bridgehead atoms. The Hall–Kier alpha value is -1.38. The molecule has 194 valence electrons. The zero-order valence-electron chi connectivity index (χ0n) is 23.4. The number of aliphatic carboxylic acids is 1. The Kier molecular flexibility index (Phi) is 5.31. The van der Waals surface area contributed by atoms with E-state index < -0.39 is 11.4 Å². The number of rotatable bonds is 2. The first kappa shape index (κ1) is 25.3. The van der Waals surface area contributed by atoms with Crippen molar-refractivity contribution in [2.24, 2.45) is 50.2 Å². The maximum Gasteiger partial charge on any atom is 0.310 e. The van der Waals surface area contributed by atoms with E-state index in [4.69, 9.17) is 0 Å². The summed E-state index contributed by atoms with van der Waals surface area (Å²) in [5.74, 6) is 0.881. The van der Waals surface area contributed by atoms with Gasteiger partial charge in [-0.05, 0) is 103 Å². The highest BCUT2D eigenvalue weighted by atomic mass is 16.4. The molecule has 3 nitrogen and oxygen atoms in total. The number of Topliss-reactive ketones (excluding diaryl/α,β-unsaturated/α-hetero) is 1. The first-order chi connectivity index (χ1) is 16.1. The number of fused-ring (bicyclic) bond motifs is 7. The predicted molar refractivity (Wildman–Crippen MR) is 141 cm³/mol. The molecule has 0 heterocycles. The summed E-state index contributed by atoms with van der Waals surface area (Å²) in [5.41, 5.74) is 2.31. The molecule has 4 fully saturated rings. The molecule has 4 saturated carbocycles. The molecule has 0 aromatic heterocycles. The highest BCUT2D eigenvalue weighted by Gasteiger charge is 2.70. The van der Waals surface area contributed by atoms with Gasteiger partial charge in [-0.3, -0.25) is 9.59 Å². The zero-order chi connectivity index (χ0) is 25.8. The number of carboxylic acids is 1. The van der Waals surface area contributed by atoms with Gasteiger partial charge in [0.25, 0.3) is 0 Å². The summed E-state index contributed by atoms with van der Waals surface area (Å²) in [6, 6.07) is 0. The van der Waals surface area contributed by atoms with Gasteiger partial charge in [0.05, 0.1) is 5.41 Å². The lowest BCUT2D eigenvalue weighted by Gasteiger charge is -2.71. The summed E-state index contributed by atoms with van der Waals surface area (Å²) in [6.07, 6.45) is 11.5. The van der Waals surface area contributed by atoms with Crippen LogP contribution in [-0.2, 0) is 9.59 Å². The van der Waals surface area contributed by atoms with Gasteiger partial charge in [-0.1, -0.05) is 66.7 Å². The fourth-order valence-electron chi connectivity index (χ4n) is 10.8. The van der Waals surface area contributed by atoms with Gasteiger partial charge >= 0.3 is 5.97 Å². The predicted octanol–water partition coefficient (Wildman–Crippen LogP) is 8.00. The lowest BCUT2D eigenvalue weighted by atomic mass is 9.33. The molecule has 0 aliphatic heterocycles. The third kappa shape index (κ3) is 3.02. The van der Waals surface area contributed by atoms with Crippen molar-refractivity contribution in [1.82, 2.24) is 0 Å². The largest absolute Gasteiger partial charge is 0.481 e. The molecule has 0 radical (unpaired) electrons. The third-order valence-corrected chi connectivity index (χ3v) is 13.2. The maximum absolute atomic E-state index is 13.0. The van der Waals surface area contributed by atoms with E-state index >= 15 is 0 Å². The molecule has 5 aliphatic rings. The minimum Gasteiger partial charge on any atom is -0.481 e. The monoisotopic (exact) mass is 480 g/mol. The van der Waals surface area contributed by atoms with Crippen LogP contribution in [0.15, 0.2) is 23.8 Å². The van der Waals surface area contributed by atoms with Gasteiger partial charge in [0.1, 0.15) is 5.78 Å². The molecule has 0 aromatic rings. The normalized spacial score (nSPS) is 48.2. The molecule has 0 spiro atoms. The number of carbonyl (C=O) groups excluding carboxylic acids is 1. The molecule has 0 saturated heterocycles. The standard InChI is InChI=1S/C32H48O3/c1-9-20-18-23-29(6)12-11-24(33)28(4,5)22(29)10-13-30(23,7)31(8)15-17-32(26(34)35)16-14-27(2,3)19-21(32)25(20)31/h9,21-23H,1,10-19H2,2-8H3,(H,34,35). The Bertz CT molecular complexity index is 1020. The van der Waals surface area contributed by atoms with E-state index in [1.54, 1.807) is 0 Å². The van der Waals surface area contributed by atoms with Crippen molar-refractivity contribution < 1.29 is 14.7 Å². The van der Waals surface area contributed by atoms with Crippen molar-refractivity contribution in [2.45, 2.75) is 113 Å². The van der Waals surface area contributed by atoms with Crippen LogP contribution in [0.1, 0.15) is 113 Å². The van der Waals surface area contributed by atoms with E-state index in [1.807, 2.05) is 0 Å². The summed E-state index contributed by atoms with van der Waals surface area (Å²) >= 11 is 0. The Morgan fingerprint density at radius 3 is 2.23 bits per heavy atom. The summed E-state index contributed by atoms with van der Waals surface area (Å²) < 4.78 is 0. The molecule has 3 heteroatoms. The van der Waals surface area contributed by atoms with Crippen molar-refractivity contribution in [2.75, 3.05) is 0 Å². The van der Waals surface area contributed by atoms with Crippen LogP contribution in [0, 0.1) is 50.2 Å². The van der Waals surface area contributed by atoms with E-state index in [0.717, 1.165) is 57.8 Å². The quantitative estimate of drug-likeness (QED) is 0.435. The third-order valence-electron chi connectivity index (χ3n) is 13.2. The van der Waals surface area contributed by atoms with Gasteiger partial charge in [0.2, 0.25) is 0 Å². The van der Waals surface area contributed by atoms with E-state index in [9.17, 15) is 14.7 Å². The number of ketones is 1. The highest BCUT2D eigenvalue weighted by Crippen LogP contribution is 2.76. The molecule has 35 heavy (non-hydrogen) atoms. The van der Waals surface area contributed by atoms with E-state index in [1.165, 1.54) is 11.1 Å². The molecule has 0 aromatic carbocycles. The summed E-state index contributed by atoms with van der Waals surface area (Å²) in [4.78, 5) is 25.9. The number of carbonyl (C=O) groups is 2. The summed E-state index contributed by atoms with van der Waals surface area (Å²) in [6.45, 7) is 20.9. The highest BCUT2D eigenvalue weighted by molar-refractivity contribution is 5.85. The van der Waals surface area contributed by atoms with Crippen LogP contribution < -0.4 is 0 Å². The van der Waals surface area contributed by atoms with Gasteiger partial charge in [-0.25, -0.2) is 0 Å². The fraction of sp³-hybridized carbons (Fsp3) is 0.812. The van der Waals surface area contributed by atoms with Crippen LogP contribution in [-0.4, -0.2) is 16.9 Å². The number of hydrogen-bond donors (Lipinski definition) is 1. The molecule has 7 atom stereocenters. The Morgan fingerprint density at radius 1 is 0.943 bits per heavy atom. The van der Waals surface area contributed by atoms with Crippen LogP contribution >= 0.6 is 0 Å². The Morgan fingerprint density at radius 2 is 1.60 bits per heavy atom. The second kappa shape index (κ2) is 7.35. The second-order valence-electron chi connectivity index (χ2n) is 15.3. The minimum atomic E-state index is -0.623. The minimum absolute atomic E-state index is 0.0178. The smallest absolute Gasteiger partial charge is 0.310 e. The first-order valence-electron chi connectivity index (χ1n) is 14.2. The van der Waals surface area contributed by atoms with Gasteiger partial charge < -0.3 is 5.11 Å². The Balaban J connectivity index is 1.69. The number of allylic oxidation sites excluding steroid dienone is 3. The van der Waals surface area contributed by atoms with Crippen molar-refractivity contribution in [3.05, 3.63) is 23.8 Å². The van der Waals surface area contributed by atoms with Crippen LogP contribution in [0.2, 0.25) is 0 Å². The van der Waals surface area contributed by atoms with Gasteiger partial charge in [0.15, 0.2) is 0 Å². The lowest BCUT2D eigenvalue weighted by Crippen LogP contribution is -2.65. The average Bonchev–Trinajstić information content (AvgIpc) is 2.76. The summed E-state index contributed by atoms with van der Waals surface area (Å²) in [7, 11) is 0. The van der Waals surface area contributed by atoms with Crippen molar-refractivity contribution in [1.29, 1.82) is 0 Å². The van der Waals surface area contributed by atoms with E-state index in [2.05, 4.69) is 61.1 Å².